The molecule has 22 heavy (non-hydrogen) atoms. The number of aromatic nitrogens is 1. The summed E-state index contributed by atoms with van der Waals surface area (Å²) in [6.45, 7) is 6.84. The zero-order valence-corrected chi connectivity index (χ0v) is 12.9. The highest BCUT2D eigenvalue weighted by Gasteiger charge is 2.53. The van der Waals surface area contributed by atoms with Gasteiger partial charge in [0.05, 0.1) is 31.6 Å². The van der Waals surface area contributed by atoms with E-state index in [9.17, 15) is 4.79 Å². The van der Waals surface area contributed by atoms with Gasteiger partial charge < -0.3 is 19.6 Å². The summed E-state index contributed by atoms with van der Waals surface area (Å²) < 4.78 is 11.2. The SMILES string of the molecule is CC(C)(C)OC(=O)N1CC2(C1)OCc1cc(/C=N\O)cnc12. The van der Waals surface area contributed by atoms with Gasteiger partial charge in [-0.1, -0.05) is 5.16 Å². The molecule has 0 saturated carbocycles. The molecule has 1 spiro atoms. The van der Waals surface area contributed by atoms with Gasteiger partial charge in [-0.3, -0.25) is 4.98 Å². The number of hydrogen-bond acceptors (Lipinski definition) is 6. The molecule has 0 unspecified atom stereocenters. The summed E-state index contributed by atoms with van der Waals surface area (Å²) in [5.74, 6) is 0. The van der Waals surface area contributed by atoms with Gasteiger partial charge in [-0.2, -0.15) is 0 Å². The molecule has 0 aliphatic carbocycles. The van der Waals surface area contributed by atoms with Gasteiger partial charge in [0.2, 0.25) is 0 Å². The van der Waals surface area contributed by atoms with Crippen molar-refractivity contribution in [1.29, 1.82) is 0 Å². The lowest BCUT2D eigenvalue weighted by Gasteiger charge is -2.46. The summed E-state index contributed by atoms with van der Waals surface area (Å²) in [5, 5.41) is 11.6. The molecule has 0 atom stereocenters. The summed E-state index contributed by atoms with van der Waals surface area (Å²) in [6, 6.07) is 1.88. The highest BCUT2D eigenvalue weighted by Crippen LogP contribution is 2.42. The first-order valence-corrected chi connectivity index (χ1v) is 7.12. The molecule has 3 heterocycles. The summed E-state index contributed by atoms with van der Waals surface area (Å²) in [7, 11) is 0. The second-order valence-electron chi connectivity index (χ2n) is 6.64. The lowest BCUT2D eigenvalue weighted by Crippen LogP contribution is -2.62. The fourth-order valence-electron chi connectivity index (χ4n) is 2.74. The molecule has 1 amide bonds. The quantitative estimate of drug-likeness (QED) is 0.486. The topological polar surface area (TPSA) is 84.2 Å². The van der Waals surface area contributed by atoms with Gasteiger partial charge >= 0.3 is 6.09 Å². The largest absolute Gasteiger partial charge is 0.444 e. The van der Waals surface area contributed by atoms with Gasteiger partial charge in [0.25, 0.3) is 0 Å². The molecule has 1 aromatic heterocycles. The van der Waals surface area contributed by atoms with E-state index in [1.165, 1.54) is 6.21 Å². The number of carbonyl (C=O) groups is 1. The molecule has 118 valence electrons. The minimum atomic E-state index is -0.527. The zero-order valence-electron chi connectivity index (χ0n) is 12.9. The zero-order chi connectivity index (χ0) is 16.0. The van der Waals surface area contributed by atoms with Crippen molar-refractivity contribution in [3.63, 3.8) is 0 Å². The predicted molar refractivity (Wildman–Crippen MR) is 77.9 cm³/mol. The van der Waals surface area contributed by atoms with Crippen LogP contribution in [-0.4, -0.2) is 46.1 Å². The van der Waals surface area contributed by atoms with Crippen LogP contribution in [-0.2, 0) is 21.7 Å². The number of likely N-dealkylation sites (tertiary alicyclic amines) is 1. The summed E-state index contributed by atoms with van der Waals surface area (Å²) >= 11 is 0. The number of amides is 1. The average Bonchev–Trinajstić information content (AvgIpc) is 2.74. The molecular formula is C15H19N3O4. The van der Waals surface area contributed by atoms with E-state index in [-0.39, 0.29) is 6.09 Å². The van der Waals surface area contributed by atoms with Crippen molar-refractivity contribution >= 4 is 12.3 Å². The number of oxime groups is 1. The maximum atomic E-state index is 12.0. The number of ether oxygens (including phenoxy) is 2. The fourth-order valence-corrected chi connectivity index (χ4v) is 2.74. The molecule has 1 fully saturated rings. The standard InChI is InChI=1S/C15H19N3O4/c1-14(2,3)22-13(19)18-8-15(9-18)12-11(7-21-15)4-10(5-16-12)6-17-20/h4-6,20H,7-9H2,1-3H3/b17-6-. The summed E-state index contributed by atoms with van der Waals surface area (Å²) in [6.07, 6.45) is 2.62. The number of nitrogens with zero attached hydrogens (tertiary/aromatic N) is 3. The predicted octanol–water partition coefficient (Wildman–Crippen LogP) is 1.87. The van der Waals surface area contributed by atoms with Crippen LogP contribution in [0.2, 0.25) is 0 Å². The van der Waals surface area contributed by atoms with Gasteiger partial charge in [-0.05, 0) is 26.8 Å². The normalized spacial score (nSPS) is 19.3. The smallest absolute Gasteiger partial charge is 0.410 e. The van der Waals surface area contributed by atoms with Crippen LogP contribution in [0.4, 0.5) is 4.79 Å². The van der Waals surface area contributed by atoms with E-state index in [4.69, 9.17) is 14.7 Å². The van der Waals surface area contributed by atoms with Gasteiger partial charge in [-0.15, -0.1) is 0 Å². The first-order chi connectivity index (χ1) is 10.3. The minimum Gasteiger partial charge on any atom is -0.444 e. The van der Waals surface area contributed by atoms with E-state index in [2.05, 4.69) is 10.1 Å². The van der Waals surface area contributed by atoms with Crippen LogP contribution in [0.5, 0.6) is 0 Å². The van der Waals surface area contributed by atoms with Crippen molar-refractivity contribution in [3.05, 3.63) is 29.1 Å². The molecule has 0 bridgehead atoms. The number of pyridine rings is 1. The number of fused-ring (bicyclic) bond motifs is 2. The van der Waals surface area contributed by atoms with E-state index in [1.54, 1.807) is 11.1 Å². The first kappa shape index (κ1) is 14.8. The van der Waals surface area contributed by atoms with Gasteiger partial charge in [-0.25, -0.2) is 4.79 Å². The van der Waals surface area contributed by atoms with Crippen molar-refractivity contribution < 1.29 is 19.5 Å². The molecular weight excluding hydrogens is 286 g/mol. The third kappa shape index (κ3) is 2.52. The number of rotatable bonds is 1. The number of carbonyl (C=O) groups excluding carboxylic acids is 1. The van der Waals surface area contributed by atoms with Crippen molar-refractivity contribution in [2.75, 3.05) is 13.1 Å². The van der Waals surface area contributed by atoms with E-state index in [0.29, 0.717) is 25.3 Å². The Morgan fingerprint density at radius 1 is 1.55 bits per heavy atom. The Morgan fingerprint density at radius 3 is 2.91 bits per heavy atom. The summed E-state index contributed by atoms with van der Waals surface area (Å²) in [5.41, 5.74) is 1.49. The lowest BCUT2D eigenvalue weighted by atomic mass is 9.89. The molecule has 1 saturated heterocycles. The second kappa shape index (κ2) is 4.95. The number of hydrogen-bond donors (Lipinski definition) is 1. The lowest BCUT2D eigenvalue weighted by molar-refractivity contribution is -0.139. The molecule has 0 radical (unpaired) electrons. The molecule has 2 aliphatic rings. The van der Waals surface area contributed by atoms with Crippen LogP contribution in [0.15, 0.2) is 17.4 Å². The maximum Gasteiger partial charge on any atom is 0.410 e. The van der Waals surface area contributed by atoms with Crippen molar-refractivity contribution in [2.45, 2.75) is 38.6 Å². The third-order valence-corrected chi connectivity index (χ3v) is 3.67. The van der Waals surface area contributed by atoms with Crippen LogP contribution in [0.25, 0.3) is 0 Å². The first-order valence-electron chi connectivity index (χ1n) is 7.12. The van der Waals surface area contributed by atoms with E-state index in [1.807, 2.05) is 26.8 Å². The molecule has 0 aromatic carbocycles. The van der Waals surface area contributed by atoms with Gasteiger partial charge in [0, 0.05) is 17.3 Å². The Labute approximate surface area is 128 Å². The van der Waals surface area contributed by atoms with E-state index >= 15 is 0 Å². The van der Waals surface area contributed by atoms with E-state index in [0.717, 1.165) is 11.3 Å². The fraction of sp³-hybridized carbons (Fsp3) is 0.533. The van der Waals surface area contributed by atoms with Gasteiger partial charge in [0.15, 0.2) is 0 Å². The van der Waals surface area contributed by atoms with E-state index < -0.39 is 11.2 Å². The molecule has 2 aliphatic heterocycles. The van der Waals surface area contributed by atoms with Crippen LogP contribution >= 0.6 is 0 Å². The monoisotopic (exact) mass is 305 g/mol. The molecule has 7 heteroatoms. The third-order valence-electron chi connectivity index (χ3n) is 3.67. The summed E-state index contributed by atoms with van der Waals surface area (Å²) in [4.78, 5) is 18.0. The second-order valence-corrected chi connectivity index (χ2v) is 6.64. The minimum absolute atomic E-state index is 0.334. The van der Waals surface area contributed by atoms with Gasteiger partial charge in [0.1, 0.15) is 11.2 Å². The van der Waals surface area contributed by atoms with Crippen LogP contribution in [0.1, 0.15) is 37.6 Å². The molecule has 1 N–H and O–H groups in total. The Hall–Kier alpha value is -2.15. The van der Waals surface area contributed by atoms with Crippen molar-refractivity contribution in [3.8, 4) is 0 Å². The van der Waals surface area contributed by atoms with Crippen LogP contribution in [0, 0.1) is 0 Å². The van der Waals surface area contributed by atoms with Crippen molar-refractivity contribution in [2.24, 2.45) is 5.16 Å². The highest BCUT2D eigenvalue weighted by atomic mass is 16.6. The Kier molecular flexibility index (Phi) is 3.32. The van der Waals surface area contributed by atoms with Crippen molar-refractivity contribution in [1.82, 2.24) is 9.88 Å². The molecule has 3 rings (SSSR count). The van der Waals surface area contributed by atoms with Crippen LogP contribution in [0.3, 0.4) is 0 Å². The molecule has 7 nitrogen and oxygen atoms in total. The Balaban J connectivity index is 1.72. The van der Waals surface area contributed by atoms with Crippen LogP contribution < -0.4 is 0 Å². The Bertz CT molecular complexity index is 630. The maximum absolute atomic E-state index is 12.0. The Morgan fingerprint density at radius 2 is 2.27 bits per heavy atom. The average molecular weight is 305 g/mol. The highest BCUT2D eigenvalue weighted by molar-refractivity contribution is 5.79. The molecule has 1 aromatic rings.